The van der Waals surface area contributed by atoms with Crippen LogP contribution in [0.3, 0.4) is 0 Å². The number of aryl methyl sites for hydroxylation is 2. The monoisotopic (exact) mass is 372 g/mol. The second kappa shape index (κ2) is 6.17. The molecule has 0 aliphatic carbocycles. The first kappa shape index (κ1) is 16.0. The van der Waals surface area contributed by atoms with Crippen LogP contribution in [0.4, 0.5) is 5.69 Å². The number of aromatic amines is 1. The molecule has 6 nitrogen and oxygen atoms in total. The Morgan fingerprint density at radius 1 is 1.29 bits per heavy atom. The van der Waals surface area contributed by atoms with E-state index in [-0.39, 0.29) is 5.03 Å². The van der Waals surface area contributed by atoms with Crippen LogP contribution in [-0.2, 0) is 16.6 Å². The Morgan fingerprint density at radius 3 is 2.48 bits per heavy atom. The largest absolute Gasteiger partial charge is 0.316 e. The first-order valence-corrected chi connectivity index (χ1v) is 8.59. The van der Waals surface area contributed by atoms with Crippen LogP contribution in [0.5, 0.6) is 0 Å². The number of benzene rings is 1. The number of sulfonamides is 1. The summed E-state index contributed by atoms with van der Waals surface area (Å²) in [6, 6.07) is 3.73. The number of rotatable bonds is 5. The standard InChI is InChI=1S/C13H17BrN4O2S/c1-8-4-11(14)5-9(2)12(8)18-21(19,20)13-10(6-15-3)7-16-17-13/h4-5,7,15,18H,6H2,1-3H3,(H,16,17). The zero-order valence-corrected chi connectivity index (χ0v) is 14.4. The predicted octanol–water partition coefficient (Wildman–Crippen LogP) is 2.31. The van der Waals surface area contributed by atoms with Gasteiger partial charge < -0.3 is 5.32 Å². The van der Waals surface area contributed by atoms with E-state index in [1.54, 1.807) is 7.05 Å². The van der Waals surface area contributed by atoms with Gasteiger partial charge >= 0.3 is 0 Å². The van der Waals surface area contributed by atoms with Crippen LogP contribution in [0.1, 0.15) is 16.7 Å². The van der Waals surface area contributed by atoms with Gasteiger partial charge in [0.1, 0.15) is 0 Å². The molecule has 0 amide bonds. The van der Waals surface area contributed by atoms with Gasteiger partial charge in [-0.25, -0.2) is 0 Å². The van der Waals surface area contributed by atoms with Gasteiger partial charge in [0, 0.05) is 16.6 Å². The van der Waals surface area contributed by atoms with E-state index < -0.39 is 10.0 Å². The van der Waals surface area contributed by atoms with Crippen LogP contribution >= 0.6 is 15.9 Å². The molecule has 8 heteroatoms. The van der Waals surface area contributed by atoms with Gasteiger partial charge in [-0.05, 0) is 44.2 Å². The molecule has 0 unspecified atom stereocenters. The van der Waals surface area contributed by atoms with Gasteiger partial charge in [-0.15, -0.1) is 0 Å². The first-order valence-electron chi connectivity index (χ1n) is 6.31. The SMILES string of the molecule is CNCc1cn[nH]c1S(=O)(=O)Nc1c(C)cc(Br)cc1C. The topological polar surface area (TPSA) is 86.9 Å². The van der Waals surface area contributed by atoms with E-state index >= 15 is 0 Å². The van der Waals surface area contributed by atoms with Gasteiger partial charge in [0.25, 0.3) is 10.0 Å². The molecular weight excluding hydrogens is 356 g/mol. The molecule has 0 radical (unpaired) electrons. The van der Waals surface area contributed by atoms with Crippen LogP contribution in [0.2, 0.25) is 0 Å². The van der Waals surface area contributed by atoms with Crippen molar-refractivity contribution in [3.05, 3.63) is 39.5 Å². The quantitative estimate of drug-likeness (QED) is 0.751. The van der Waals surface area contributed by atoms with Crippen molar-refractivity contribution in [2.45, 2.75) is 25.4 Å². The van der Waals surface area contributed by atoms with Crippen LogP contribution < -0.4 is 10.0 Å². The molecule has 1 heterocycles. The predicted molar refractivity (Wildman–Crippen MR) is 85.8 cm³/mol. The van der Waals surface area contributed by atoms with Crippen LogP contribution in [0.25, 0.3) is 0 Å². The summed E-state index contributed by atoms with van der Waals surface area (Å²) in [5.74, 6) is 0. The lowest BCUT2D eigenvalue weighted by molar-refractivity contribution is 0.595. The Morgan fingerprint density at radius 2 is 1.90 bits per heavy atom. The Bertz CT molecular complexity index is 732. The third-order valence-electron chi connectivity index (χ3n) is 3.05. The van der Waals surface area contributed by atoms with E-state index in [0.717, 1.165) is 15.6 Å². The van der Waals surface area contributed by atoms with Crippen molar-refractivity contribution in [3.63, 3.8) is 0 Å². The van der Waals surface area contributed by atoms with Crippen molar-refractivity contribution in [1.29, 1.82) is 0 Å². The zero-order chi connectivity index (χ0) is 15.6. The van der Waals surface area contributed by atoms with Gasteiger partial charge in [0.05, 0.1) is 11.9 Å². The van der Waals surface area contributed by atoms with E-state index in [1.165, 1.54) is 6.20 Å². The lowest BCUT2D eigenvalue weighted by Crippen LogP contribution is -2.18. The van der Waals surface area contributed by atoms with E-state index in [0.29, 0.717) is 17.8 Å². The molecule has 0 aliphatic heterocycles. The Kier molecular flexibility index (Phi) is 4.70. The minimum atomic E-state index is -3.70. The number of halogens is 1. The van der Waals surface area contributed by atoms with Crippen molar-refractivity contribution in [2.24, 2.45) is 0 Å². The maximum absolute atomic E-state index is 12.5. The van der Waals surface area contributed by atoms with E-state index in [9.17, 15) is 8.42 Å². The Balaban J connectivity index is 2.40. The highest BCUT2D eigenvalue weighted by atomic mass is 79.9. The molecule has 2 rings (SSSR count). The summed E-state index contributed by atoms with van der Waals surface area (Å²) in [6.45, 7) is 4.14. The second-order valence-corrected chi connectivity index (χ2v) is 7.31. The van der Waals surface area contributed by atoms with Gasteiger partial charge in [-0.3, -0.25) is 9.82 Å². The summed E-state index contributed by atoms with van der Waals surface area (Å²) >= 11 is 3.40. The van der Waals surface area contributed by atoms with E-state index in [2.05, 4.69) is 36.2 Å². The van der Waals surface area contributed by atoms with Gasteiger partial charge in [0.2, 0.25) is 0 Å². The Labute approximate surface area is 132 Å². The number of anilines is 1. The molecule has 3 N–H and O–H groups in total. The summed E-state index contributed by atoms with van der Waals surface area (Å²) in [7, 11) is -1.95. The number of hydrogen-bond acceptors (Lipinski definition) is 4. The fraction of sp³-hybridized carbons (Fsp3) is 0.308. The lowest BCUT2D eigenvalue weighted by atomic mass is 10.1. The fourth-order valence-electron chi connectivity index (χ4n) is 2.11. The molecule has 0 atom stereocenters. The minimum Gasteiger partial charge on any atom is -0.316 e. The smallest absolute Gasteiger partial charge is 0.279 e. The van der Waals surface area contributed by atoms with E-state index in [1.807, 2.05) is 26.0 Å². The molecular formula is C13H17BrN4O2S. The highest BCUT2D eigenvalue weighted by Crippen LogP contribution is 2.27. The van der Waals surface area contributed by atoms with Gasteiger partial charge in [0.15, 0.2) is 5.03 Å². The van der Waals surface area contributed by atoms with E-state index in [4.69, 9.17) is 0 Å². The third kappa shape index (κ3) is 3.45. The van der Waals surface area contributed by atoms with Crippen molar-refractivity contribution in [2.75, 3.05) is 11.8 Å². The van der Waals surface area contributed by atoms with Crippen molar-refractivity contribution >= 4 is 31.6 Å². The average Bonchev–Trinajstić information content (AvgIpc) is 2.83. The summed E-state index contributed by atoms with van der Waals surface area (Å²) in [6.07, 6.45) is 1.51. The molecule has 0 bridgehead atoms. The van der Waals surface area contributed by atoms with Crippen LogP contribution in [0.15, 0.2) is 27.8 Å². The highest BCUT2D eigenvalue weighted by Gasteiger charge is 2.22. The molecule has 0 spiro atoms. The Hall–Kier alpha value is -1.38. The number of nitrogens with zero attached hydrogens (tertiary/aromatic N) is 1. The van der Waals surface area contributed by atoms with Crippen molar-refractivity contribution in [3.8, 4) is 0 Å². The molecule has 0 aliphatic rings. The first-order chi connectivity index (χ1) is 9.85. The molecule has 1 aromatic heterocycles. The van der Waals surface area contributed by atoms with Crippen molar-refractivity contribution < 1.29 is 8.42 Å². The number of nitrogens with one attached hydrogen (secondary N) is 3. The fourth-order valence-corrected chi connectivity index (χ4v) is 4.13. The molecule has 0 saturated heterocycles. The van der Waals surface area contributed by atoms with Crippen LogP contribution in [0, 0.1) is 13.8 Å². The highest BCUT2D eigenvalue weighted by molar-refractivity contribution is 9.10. The second-order valence-electron chi connectivity index (χ2n) is 4.77. The third-order valence-corrected chi connectivity index (χ3v) is 4.87. The molecule has 114 valence electrons. The maximum atomic E-state index is 12.5. The lowest BCUT2D eigenvalue weighted by Gasteiger charge is -2.13. The minimum absolute atomic E-state index is 0.0820. The van der Waals surface area contributed by atoms with Crippen LogP contribution in [-0.4, -0.2) is 25.7 Å². The average molecular weight is 373 g/mol. The summed E-state index contributed by atoms with van der Waals surface area (Å²) in [4.78, 5) is 0. The summed E-state index contributed by atoms with van der Waals surface area (Å²) in [5, 5.41) is 9.37. The van der Waals surface area contributed by atoms with Gasteiger partial charge in [-0.1, -0.05) is 15.9 Å². The number of aromatic nitrogens is 2. The number of hydrogen-bond donors (Lipinski definition) is 3. The summed E-state index contributed by atoms with van der Waals surface area (Å²) < 4.78 is 28.6. The molecule has 0 fully saturated rings. The van der Waals surface area contributed by atoms with Gasteiger partial charge in [-0.2, -0.15) is 13.5 Å². The normalized spacial score (nSPS) is 11.6. The molecule has 21 heavy (non-hydrogen) atoms. The number of H-pyrrole nitrogens is 1. The molecule has 0 saturated carbocycles. The molecule has 2 aromatic rings. The molecule has 1 aromatic carbocycles. The maximum Gasteiger partial charge on any atom is 0.279 e. The van der Waals surface area contributed by atoms with Crippen molar-refractivity contribution in [1.82, 2.24) is 15.5 Å². The summed E-state index contributed by atoms with van der Waals surface area (Å²) in [5.41, 5.74) is 2.88. The zero-order valence-electron chi connectivity index (χ0n) is 12.0.